The first-order valence-electron chi connectivity index (χ1n) is 4.53. The molecular formula is C11H11N3S. The Kier molecular flexibility index (Phi) is 2.87. The van der Waals surface area contributed by atoms with Crippen molar-refractivity contribution in [2.45, 2.75) is 5.03 Å². The Morgan fingerprint density at radius 2 is 1.87 bits per heavy atom. The van der Waals surface area contributed by atoms with E-state index >= 15 is 0 Å². The van der Waals surface area contributed by atoms with Crippen molar-refractivity contribution >= 4 is 17.7 Å². The summed E-state index contributed by atoms with van der Waals surface area (Å²) in [5.41, 5.74) is 7.56. The van der Waals surface area contributed by atoms with Crippen molar-refractivity contribution in [3.63, 3.8) is 0 Å². The molecule has 0 saturated carbocycles. The molecule has 2 rings (SSSR count). The normalized spacial score (nSPS) is 10.2. The van der Waals surface area contributed by atoms with Crippen LogP contribution in [-0.2, 0) is 0 Å². The number of rotatable bonds is 2. The van der Waals surface area contributed by atoms with Crippen LogP contribution in [0.3, 0.4) is 0 Å². The molecule has 1 aromatic carbocycles. The maximum absolute atomic E-state index is 5.64. The predicted molar refractivity (Wildman–Crippen MR) is 63.7 cm³/mol. The van der Waals surface area contributed by atoms with Gasteiger partial charge in [-0.2, -0.15) is 0 Å². The van der Waals surface area contributed by atoms with Crippen LogP contribution >= 0.6 is 11.8 Å². The van der Waals surface area contributed by atoms with Crippen molar-refractivity contribution in [1.29, 1.82) is 0 Å². The highest BCUT2D eigenvalue weighted by molar-refractivity contribution is 7.98. The molecule has 0 saturated heterocycles. The summed E-state index contributed by atoms with van der Waals surface area (Å²) in [6.07, 6.45) is 1.97. The van der Waals surface area contributed by atoms with E-state index in [4.69, 9.17) is 5.73 Å². The molecule has 0 amide bonds. The number of hydrogen-bond donors (Lipinski definition) is 1. The summed E-state index contributed by atoms with van der Waals surface area (Å²) in [6, 6.07) is 11.9. The third-order valence-electron chi connectivity index (χ3n) is 2.00. The Labute approximate surface area is 92.8 Å². The van der Waals surface area contributed by atoms with Crippen LogP contribution in [0, 0.1) is 0 Å². The molecule has 76 valence electrons. The van der Waals surface area contributed by atoms with Gasteiger partial charge in [0, 0.05) is 5.56 Å². The molecule has 0 fully saturated rings. The number of benzene rings is 1. The number of nitrogen functional groups attached to an aromatic ring is 1. The van der Waals surface area contributed by atoms with E-state index in [2.05, 4.69) is 9.97 Å². The lowest BCUT2D eigenvalue weighted by molar-refractivity contribution is 1.07. The second kappa shape index (κ2) is 4.31. The van der Waals surface area contributed by atoms with E-state index < -0.39 is 0 Å². The highest BCUT2D eigenvalue weighted by Crippen LogP contribution is 2.21. The highest BCUT2D eigenvalue weighted by Gasteiger charge is 2.03. The van der Waals surface area contributed by atoms with Gasteiger partial charge >= 0.3 is 0 Å². The molecule has 0 aliphatic rings. The molecule has 3 nitrogen and oxygen atoms in total. The van der Waals surface area contributed by atoms with Crippen LogP contribution in [0.15, 0.2) is 41.4 Å². The molecule has 0 atom stereocenters. The fourth-order valence-corrected chi connectivity index (χ4v) is 1.72. The number of anilines is 1. The number of nitrogens with two attached hydrogens (primary N) is 1. The number of thioether (sulfide) groups is 1. The number of nitrogens with zero attached hydrogens (tertiary/aromatic N) is 2. The summed E-state index contributed by atoms with van der Waals surface area (Å²) in [5.74, 6) is 0.320. The van der Waals surface area contributed by atoms with Crippen LogP contribution in [0.25, 0.3) is 11.3 Å². The molecule has 15 heavy (non-hydrogen) atoms. The summed E-state index contributed by atoms with van der Waals surface area (Å²) >= 11 is 1.56. The fourth-order valence-electron chi connectivity index (χ4n) is 1.30. The largest absolute Gasteiger partial charge is 0.368 e. The van der Waals surface area contributed by atoms with Crippen molar-refractivity contribution in [3.05, 3.63) is 36.4 Å². The molecule has 0 unspecified atom stereocenters. The monoisotopic (exact) mass is 217 g/mol. The van der Waals surface area contributed by atoms with Gasteiger partial charge in [0.25, 0.3) is 0 Å². The lowest BCUT2D eigenvalue weighted by atomic mass is 10.1. The summed E-state index contributed by atoms with van der Waals surface area (Å²) in [4.78, 5) is 8.31. The Bertz CT molecular complexity index is 457. The first-order chi connectivity index (χ1) is 7.29. The first-order valence-corrected chi connectivity index (χ1v) is 5.76. The van der Waals surface area contributed by atoms with Crippen molar-refractivity contribution in [3.8, 4) is 11.3 Å². The molecule has 0 spiro atoms. The van der Waals surface area contributed by atoms with E-state index in [1.54, 1.807) is 11.8 Å². The minimum atomic E-state index is 0.320. The van der Waals surface area contributed by atoms with Gasteiger partial charge in [0.05, 0.1) is 5.69 Å². The van der Waals surface area contributed by atoms with Gasteiger partial charge in [-0.25, -0.2) is 9.97 Å². The van der Waals surface area contributed by atoms with Crippen LogP contribution in [0.2, 0.25) is 0 Å². The van der Waals surface area contributed by atoms with E-state index in [0.717, 1.165) is 16.3 Å². The zero-order valence-electron chi connectivity index (χ0n) is 8.34. The van der Waals surface area contributed by atoms with Crippen LogP contribution in [0.5, 0.6) is 0 Å². The number of aromatic nitrogens is 2. The van der Waals surface area contributed by atoms with Gasteiger partial charge in [-0.05, 0) is 12.3 Å². The highest BCUT2D eigenvalue weighted by atomic mass is 32.2. The fraction of sp³-hybridized carbons (Fsp3) is 0.0909. The van der Waals surface area contributed by atoms with Crippen molar-refractivity contribution in [2.24, 2.45) is 0 Å². The average Bonchev–Trinajstić information content (AvgIpc) is 2.29. The topological polar surface area (TPSA) is 51.8 Å². The minimum absolute atomic E-state index is 0.320. The van der Waals surface area contributed by atoms with E-state index in [1.807, 2.05) is 42.7 Å². The van der Waals surface area contributed by atoms with Crippen LogP contribution in [-0.4, -0.2) is 16.2 Å². The molecule has 1 heterocycles. The molecule has 0 aliphatic carbocycles. The van der Waals surface area contributed by atoms with E-state index in [9.17, 15) is 0 Å². The van der Waals surface area contributed by atoms with Crippen molar-refractivity contribution < 1.29 is 0 Å². The third kappa shape index (κ3) is 2.27. The Hall–Kier alpha value is -1.55. The van der Waals surface area contributed by atoms with E-state index in [1.165, 1.54) is 0 Å². The second-order valence-corrected chi connectivity index (χ2v) is 3.85. The summed E-state index contributed by atoms with van der Waals surface area (Å²) < 4.78 is 0. The predicted octanol–water partition coefficient (Wildman–Crippen LogP) is 2.45. The van der Waals surface area contributed by atoms with Gasteiger partial charge < -0.3 is 5.73 Å². The molecular weight excluding hydrogens is 206 g/mol. The second-order valence-electron chi connectivity index (χ2n) is 3.02. The van der Waals surface area contributed by atoms with Gasteiger partial charge in [-0.15, -0.1) is 11.8 Å². The lowest BCUT2D eigenvalue weighted by Crippen LogP contribution is -1.97. The summed E-state index contributed by atoms with van der Waals surface area (Å²) in [7, 11) is 0. The van der Waals surface area contributed by atoms with Gasteiger partial charge in [-0.1, -0.05) is 30.3 Å². The molecule has 0 radical (unpaired) electrons. The zero-order valence-corrected chi connectivity index (χ0v) is 9.16. The SMILES string of the molecule is CSc1cc(-c2ccccc2)nc(N)n1. The van der Waals surface area contributed by atoms with Gasteiger partial charge in [0.15, 0.2) is 0 Å². The Morgan fingerprint density at radius 3 is 2.53 bits per heavy atom. The standard InChI is InChI=1S/C11H11N3S/c1-15-10-7-9(13-11(12)14-10)8-5-3-2-4-6-8/h2-7H,1H3,(H2,12,13,14). The van der Waals surface area contributed by atoms with Crippen molar-refractivity contribution in [1.82, 2.24) is 9.97 Å². The lowest BCUT2D eigenvalue weighted by Gasteiger charge is -2.03. The summed E-state index contributed by atoms with van der Waals surface area (Å²) in [6.45, 7) is 0. The van der Waals surface area contributed by atoms with E-state index in [-0.39, 0.29) is 0 Å². The Morgan fingerprint density at radius 1 is 1.13 bits per heavy atom. The summed E-state index contributed by atoms with van der Waals surface area (Å²) in [5, 5.41) is 0.890. The number of hydrogen-bond acceptors (Lipinski definition) is 4. The average molecular weight is 217 g/mol. The minimum Gasteiger partial charge on any atom is -0.368 e. The van der Waals surface area contributed by atoms with Gasteiger partial charge in [0.1, 0.15) is 5.03 Å². The molecule has 1 aromatic heterocycles. The van der Waals surface area contributed by atoms with Gasteiger partial charge in [0.2, 0.25) is 5.95 Å². The smallest absolute Gasteiger partial charge is 0.221 e. The maximum Gasteiger partial charge on any atom is 0.221 e. The molecule has 0 aliphatic heterocycles. The maximum atomic E-state index is 5.64. The molecule has 4 heteroatoms. The molecule has 2 aromatic rings. The first kappa shape index (κ1) is 9.98. The van der Waals surface area contributed by atoms with Crippen LogP contribution in [0.4, 0.5) is 5.95 Å². The third-order valence-corrected chi connectivity index (χ3v) is 2.63. The van der Waals surface area contributed by atoms with Crippen molar-refractivity contribution in [2.75, 3.05) is 12.0 Å². The van der Waals surface area contributed by atoms with E-state index in [0.29, 0.717) is 5.95 Å². The zero-order chi connectivity index (χ0) is 10.7. The molecule has 2 N–H and O–H groups in total. The van der Waals surface area contributed by atoms with Crippen LogP contribution < -0.4 is 5.73 Å². The molecule has 0 bridgehead atoms. The van der Waals surface area contributed by atoms with Crippen LogP contribution in [0.1, 0.15) is 0 Å². The Balaban J connectivity index is 2.49. The quantitative estimate of drug-likeness (QED) is 0.620. The van der Waals surface area contributed by atoms with Gasteiger partial charge in [-0.3, -0.25) is 0 Å².